The third kappa shape index (κ3) is 3.24. The molecule has 0 atom stereocenters. The van der Waals surface area contributed by atoms with Crippen molar-refractivity contribution >= 4 is 24.7 Å². The van der Waals surface area contributed by atoms with E-state index in [1.807, 2.05) is 24.3 Å². The summed E-state index contributed by atoms with van der Waals surface area (Å²) < 4.78 is 12.4. The van der Waals surface area contributed by atoms with E-state index in [-0.39, 0.29) is 18.3 Å². The van der Waals surface area contributed by atoms with Crippen LogP contribution in [0.5, 0.6) is 0 Å². The normalized spacial score (nSPS) is 19.4. The van der Waals surface area contributed by atoms with Crippen LogP contribution in [0.4, 0.5) is 0 Å². The number of hydrogen-bond acceptors (Lipinski definition) is 3. The van der Waals surface area contributed by atoms with Crippen LogP contribution < -0.4 is 5.46 Å². The van der Waals surface area contributed by atoms with Crippen molar-refractivity contribution in [1.29, 1.82) is 0 Å². The lowest BCUT2D eigenvalue weighted by Crippen LogP contribution is -2.41. The molecule has 0 saturated carbocycles. The number of pyridine rings is 1. The minimum atomic E-state index is -0.349. The molecule has 0 bridgehead atoms. The monoisotopic (exact) mass is 307 g/mol. The minimum Gasteiger partial charge on any atom is -0.399 e. The van der Waals surface area contributed by atoms with Gasteiger partial charge in [-0.2, -0.15) is 0 Å². The lowest BCUT2D eigenvalue weighted by molar-refractivity contribution is 0.00578. The number of benzene rings is 1. The van der Waals surface area contributed by atoms with Gasteiger partial charge in [-0.3, -0.25) is 4.98 Å². The Balaban J connectivity index is 1.89. The number of aromatic nitrogens is 1. The molecule has 23 heavy (non-hydrogen) atoms. The zero-order chi connectivity index (χ0) is 16.5. The van der Waals surface area contributed by atoms with Crippen LogP contribution in [0.15, 0.2) is 48.8 Å². The SMILES string of the molecule is CC1(C)OB(c2ccccc2/C=C/c2ccncc2)OC1(C)C. The van der Waals surface area contributed by atoms with E-state index in [1.54, 1.807) is 12.4 Å². The van der Waals surface area contributed by atoms with E-state index in [0.717, 1.165) is 16.6 Å². The second-order valence-electron chi connectivity index (χ2n) is 6.83. The number of rotatable bonds is 3. The van der Waals surface area contributed by atoms with Gasteiger partial charge in [0, 0.05) is 12.4 Å². The highest BCUT2D eigenvalue weighted by Gasteiger charge is 2.52. The Kier molecular flexibility index (Phi) is 4.13. The fraction of sp³-hybridized carbons (Fsp3) is 0.316. The molecule has 2 heterocycles. The summed E-state index contributed by atoms with van der Waals surface area (Å²) in [5, 5.41) is 0. The van der Waals surface area contributed by atoms with Crippen LogP contribution in [0.1, 0.15) is 38.8 Å². The maximum absolute atomic E-state index is 6.18. The number of hydrogen-bond donors (Lipinski definition) is 0. The van der Waals surface area contributed by atoms with Gasteiger partial charge >= 0.3 is 7.12 Å². The predicted octanol–water partition coefficient (Wildman–Crippen LogP) is 3.55. The Hall–Kier alpha value is -1.91. The Morgan fingerprint density at radius 2 is 1.48 bits per heavy atom. The first-order valence-electron chi connectivity index (χ1n) is 7.92. The Bertz CT molecular complexity index is 694. The molecule has 0 spiro atoms. The first-order chi connectivity index (χ1) is 10.9. The maximum Gasteiger partial charge on any atom is 0.495 e. The molecule has 3 nitrogen and oxygen atoms in total. The molecule has 1 aromatic carbocycles. The van der Waals surface area contributed by atoms with Crippen molar-refractivity contribution in [3.8, 4) is 0 Å². The molecule has 1 fully saturated rings. The van der Waals surface area contributed by atoms with Gasteiger partial charge in [0.2, 0.25) is 0 Å². The highest BCUT2D eigenvalue weighted by Crippen LogP contribution is 2.36. The van der Waals surface area contributed by atoms with E-state index in [1.165, 1.54) is 0 Å². The van der Waals surface area contributed by atoms with E-state index < -0.39 is 0 Å². The van der Waals surface area contributed by atoms with Crippen LogP contribution in [0.3, 0.4) is 0 Å². The first-order valence-corrected chi connectivity index (χ1v) is 7.92. The molecule has 2 aromatic rings. The van der Waals surface area contributed by atoms with Gasteiger partial charge in [-0.15, -0.1) is 0 Å². The van der Waals surface area contributed by atoms with Gasteiger partial charge in [0.15, 0.2) is 0 Å². The third-order valence-electron chi connectivity index (χ3n) is 4.66. The molecule has 4 heteroatoms. The van der Waals surface area contributed by atoms with Crippen LogP contribution in [0, 0.1) is 0 Å². The fourth-order valence-electron chi connectivity index (χ4n) is 2.51. The molecule has 118 valence electrons. The highest BCUT2D eigenvalue weighted by molar-refractivity contribution is 6.63. The van der Waals surface area contributed by atoms with Crippen molar-refractivity contribution < 1.29 is 9.31 Å². The average Bonchev–Trinajstić information content (AvgIpc) is 2.75. The first kappa shape index (κ1) is 16.0. The van der Waals surface area contributed by atoms with Crippen LogP contribution in [-0.4, -0.2) is 23.3 Å². The van der Waals surface area contributed by atoms with Gasteiger partial charge in [-0.05, 0) is 56.4 Å². The topological polar surface area (TPSA) is 31.4 Å². The number of nitrogens with zero attached hydrogens (tertiary/aromatic N) is 1. The zero-order valence-corrected chi connectivity index (χ0v) is 14.1. The lowest BCUT2D eigenvalue weighted by Gasteiger charge is -2.32. The average molecular weight is 307 g/mol. The van der Waals surface area contributed by atoms with Crippen molar-refractivity contribution in [2.75, 3.05) is 0 Å². The predicted molar refractivity (Wildman–Crippen MR) is 95.3 cm³/mol. The van der Waals surface area contributed by atoms with Crippen molar-refractivity contribution in [3.05, 3.63) is 59.9 Å². The van der Waals surface area contributed by atoms with E-state index in [9.17, 15) is 0 Å². The van der Waals surface area contributed by atoms with Gasteiger partial charge in [-0.25, -0.2) is 0 Å². The van der Waals surface area contributed by atoms with Gasteiger partial charge < -0.3 is 9.31 Å². The Morgan fingerprint density at radius 3 is 2.13 bits per heavy atom. The van der Waals surface area contributed by atoms with Crippen molar-refractivity contribution in [2.45, 2.75) is 38.9 Å². The summed E-state index contributed by atoms with van der Waals surface area (Å²) in [7, 11) is -0.349. The zero-order valence-electron chi connectivity index (χ0n) is 14.1. The highest BCUT2D eigenvalue weighted by atomic mass is 16.7. The molecular weight excluding hydrogens is 285 g/mol. The maximum atomic E-state index is 6.18. The molecule has 1 saturated heterocycles. The van der Waals surface area contributed by atoms with Gasteiger partial charge in [-0.1, -0.05) is 36.4 Å². The standard InChI is InChI=1S/C19H22BNO2/c1-18(2)19(3,4)23-20(22-18)17-8-6-5-7-16(17)10-9-15-11-13-21-14-12-15/h5-14H,1-4H3/b10-9+. The third-order valence-corrected chi connectivity index (χ3v) is 4.66. The minimum absolute atomic E-state index is 0.334. The van der Waals surface area contributed by atoms with E-state index in [4.69, 9.17) is 9.31 Å². The van der Waals surface area contributed by atoms with Crippen molar-refractivity contribution in [1.82, 2.24) is 4.98 Å². The Labute approximate surface area is 138 Å². The smallest absolute Gasteiger partial charge is 0.399 e. The molecule has 3 rings (SSSR count). The van der Waals surface area contributed by atoms with Crippen LogP contribution in [0.2, 0.25) is 0 Å². The summed E-state index contributed by atoms with van der Waals surface area (Å²) in [5.74, 6) is 0. The fourth-order valence-corrected chi connectivity index (χ4v) is 2.51. The molecule has 1 aliphatic rings. The molecule has 0 amide bonds. The molecule has 0 N–H and O–H groups in total. The van der Waals surface area contributed by atoms with Crippen molar-refractivity contribution in [2.24, 2.45) is 0 Å². The van der Waals surface area contributed by atoms with Crippen molar-refractivity contribution in [3.63, 3.8) is 0 Å². The van der Waals surface area contributed by atoms with E-state index in [0.29, 0.717) is 0 Å². The summed E-state index contributed by atoms with van der Waals surface area (Å²) in [6.07, 6.45) is 7.75. The Morgan fingerprint density at radius 1 is 0.870 bits per heavy atom. The molecule has 0 aliphatic carbocycles. The summed E-state index contributed by atoms with van der Waals surface area (Å²) >= 11 is 0. The van der Waals surface area contributed by atoms with Crippen LogP contribution in [-0.2, 0) is 9.31 Å². The van der Waals surface area contributed by atoms with Gasteiger partial charge in [0.25, 0.3) is 0 Å². The molecule has 0 radical (unpaired) electrons. The second-order valence-corrected chi connectivity index (χ2v) is 6.83. The molecule has 0 unspecified atom stereocenters. The van der Waals surface area contributed by atoms with Crippen LogP contribution in [0.25, 0.3) is 12.2 Å². The lowest BCUT2D eigenvalue weighted by atomic mass is 9.76. The summed E-state index contributed by atoms with van der Waals surface area (Å²) in [6.45, 7) is 8.29. The van der Waals surface area contributed by atoms with Crippen LogP contribution >= 0.6 is 0 Å². The summed E-state index contributed by atoms with van der Waals surface area (Å²) in [5.41, 5.74) is 2.60. The van der Waals surface area contributed by atoms with Gasteiger partial charge in [0.05, 0.1) is 11.2 Å². The second kappa shape index (κ2) is 5.95. The van der Waals surface area contributed by atoms with E-state index >= 15 is 0 Å². The molecule has 1 aliphatic heterocycles. The largest absolute Gasteiger partial charge is 0.495 e. The summed E-state index contributed by atoms with van der Waals surface area (Å²) in [6, 6.07) is 12.2. The molecular formula is C19H22BNO2. The quantitative estimate of drug-likeness (QED) is 0.813. The van der Waals surface area contributed by atoms with Gasteiger partial charge in [0.1, 0.15) is 0 Å². The van der Waals surface area contributed by atoms with E-state index in [2.05, 4.69) is 57.0 Å². The summed E-state index contributed by atoms with van der Waals surface area (Å²) in [4.78, 5) is 4.04. The molecule has 1 aromatic heterocycles.